The zero-order valence-electron chi connectivity index (χ0n) is 30.9. The molecule has 47 heavy (non-hydrogen) atoms. The van der Waals surface area contributed by atoms with Gasteiger partial charge in [0.15, 0.2) is 0 Å². The molecule has 0 saturated carbocycles. The van der Waals surface area contributed by atoms with Crippen molar-refractivity contribution in [2.24, 2.45) is 0 Å². The van der Waals surface area contributed by atoms with Crippen molar-refractivity contribution in [1.82, 2.24) is 0 Å². The molecule has 0 saturated heterocycles. The van der Waals surface area contributed by atoms with Gasteiger partial charge in [-0.15, -0.1) is 0 Å². The van der Waals surface area contributed by atoms with E-state index in [0.29, 0.717) is 132 Å². The number of hydrogen-bond donors (Lipinski definition) is 0. The molecule has 0 radical (unpaired) electrons. The Morgan fingerprint density at radius 1 is 0.213 bits per heavy atom. The van der Waals surface area contributed by atoms with Crippen molar-refractivity contribution >= 4 is 0 Å². The van der Waals surface area contributed by atoms with E-state index in [1.54, 1.807) is 0 Å². The Labute approximate surface area is 285 Å². The van der Waals surface area contributed by atoms with Crippen LogP contribution in [0, 0.1) is 0 Å². The van der Waals surface area contributed by atoms with Crippen molar-refractivity contribution in [1.29, 1.82) is 0 Å². The largest absolute Gasteiger partial charge is 0.379 e. The molecule has 6 atom stereocenters. The first-order valence-corrected chi connectivity index (χ1v) is 17.7. The minimum Gasteiger partial charge on any atom is -0.379 e. The lowest BCUT2D eigenvalue weighted by Crippen LogP contribution is -2.34. The second-order valence-corrected chi connectivity index (χ2v) is 10.5. The van der Waals surface area contributed by atoms with Gasteiger partial charge in [-0.1, -0.05) is 0 Å². The third kappa shape index (κ3) is 27.9. The molecule has 13 heteroatoms. The summed E-state index contributed by atoms with van der Waals surface area (Å²) < 4.78 is 75.4. The molecule has 0 aliphatic rings. The van der Waals surface area contributed by atoms with Crippen LogP contribution in [0.2, 0.25) is 0 Å². The normalized spacial score (nSPS) is 15.8. The van der Waals surface area contributed by atoms with Gasteiger partial charge >= 0.3 is 0 Å². The third-order valence-corrected chi connectivity index (χ3v) is 6.47. The fourth-order valence-electron chi connectivity index (χ4n) is 4.43. The summed E-state index contributed by atoms with van der Waals surface area (Å²) in [7, 11) is 0. The fourth-order valence-corrected chi connectivity index (χ4v) is 4.43. The molecule has 0 bridgehead atoms. The van der Waals surface area contributed by atoms with E-state index in [1.165, 1.54) is 0 Å². The predicted molar refractivity (Wildman–Crippen MR) is 180 cm³/mol. The second-order valence-electron chi connectivity index (χ2n) is 10.5. The Morgan fingerprint density at radius 2 is 0.362 bits per heavy atom. The molecule has 0 rings (SSSR count). The van der Waals surface area contributed by atoms with E-state index >= 15 is 0 Å². The first kappa shape index (κ1) is 46.5. The van der Waals surface area contributed by atoms with Gasteiger partial charge < -0.3 is 61.6 Å². The highest BCUT2D eigenvalue weighted by molar-refractivity contribution is 4.64. The highest BCUT2D eigenvalue weighted by Crippen LogP contribution is 2.05. The lowest BCUT2D eigenvalue weighted by Gasteiger charge is -2.24. The summed E-state index contributed by atoms with van der Waals surface area (Å²) in [6, 6.07) is 0. The van der Waals surface area contributed by atoms with Gasteiger partial charge in [0.25, 0.3) is 0 Å². The van der Waals surface area contributed by atoms with E-state index in [4.69, 9.17) is 61.6 Å². The van der Waals surface area contributed by atoms with Crippen molar-refractivity contribution in [2.75, 3.05) is 132 Å². The molecule has 13 nitrogen and oxygen atoms in total. The van der Waals surface area contributed by atoms with E-state index in [9.17, 15) is 0 Å². The van der Waals surface area contributed by atoms with Gasteiger partial charge in [0.1, 0.15) is 36.6 Å². The molecule has 0 heterocycles. The summed E-state index contributed by atoms with van der Waals surface area (Å²) in [5.41, 5.74) is 0. The molecule has 0 aliphatic carbocycles. The SMILES string of the molecule is CCOCC(COCC(COCC(COCC(COCC(COCC(COCC)OCC)OCC)OCC)OCC)OCC)OCC. The molecule has 0 amide bonds. The maximum absolute atomic E-state index is 5.99. The third-order valence-electron chi connectivity index (χ3n) is 6.47. The smallest absolute Gasteiger partial charge is 0.104 e. The Kier molecular flexibility index (Phi) is 34.9. The van der Waals surface area contributed by atoms with Crippen LogP contribution < -0.4 is 0 Å². The second kappa shape index (κ2) is 35.3. The van der Waals surface area contributed by atoms with Gasteiger partial charge in [-0.2, -0.15) is 0 Å². The molecule has 0 aromatic rings. The maximum atomic E-state index is 5.99. The van der Waals surface area contributed by atoms with E-state index in [-0.39, 0.29) is 36.6 Å². The van der Waals surface area contributed by atoms with Crippen molar-refractivity contribution in [2.45, 2.75) is 92.0 Å². The summed E-state index contributed by atoms with van der Waals surface area (Å²) in [6.07, 6.45) is -1.09. The van der Waals surface area contributed by atoms with Gasteiger partial charge in [0.05, 0.1) is 79.3 Å². The molecular weight excluding hydrogens is 616 g/mol. The summed E-state index contributed by atoms with van der Waals surface area (Å²) in [5.74, 6) is 0. The Balaban J connectivity index is 4.59. The number of hydrogen-bond acceptors (Lipinski definition) is 13. The van der Waals surface area contributed by atoms with Crippen molar-refractivity contribution in [3.8, 4) is 0 Å². The van der Waals surface area contributed by atoms with Crippen LogP contribution in [-0.2, 0) is 61.6 Å². The van der Waals surface area contributed by atoms with Crippen LogP contribution in [0.5, 0.6) is 0 Å². The van der Waals surface area contributed by atoms with Gasteiger partial charge in [-0.05, 0) is 55.4 Å². The monoisotopic (exact) mass is 686 g/mol. The van der Waals surface area contributed by atoms with Crippen LogP contribution in [0.25, 0.3) is 0 Å². The summed E-state index contributed by atoms with van der Waals surface area (Å²) in [6.45, 7) is 25.2. The van der Waals surface area contributed by atoms with Crippen molar-refractivity contribution in [3.05, 3.63) is 0 Å². The molecule has 0 N–H and O–H groups in total. The Morgan fingerprint density at radius 3 is 0.489 bits per heavy atom. The van der Waals surface area contributed by atoms with Gasteiger partial charge in [-0.25, -0.2) is 0 Å². The molecule has 0 aromatic carbocycles. The average Bonchev–Trinajstić information content (AvgIpc) is 3.06. The van der Waals surface area contributed by atoms with Crippen molar-refractivity contribution < 1.29 is 61.6 Å². The van der Waals surface area contributed by atoms with Crippen LogP contribution in [0.3, 0.4) is 0 Å². The van der Waals surface area contributed by atoms with E-state index in [0.717, 1.165) is 0 Å². The molecule has 0 aliphatic heterocycles. The first-order chi connectivity index (χ1) is 23.0. The lowest BCUT2D eigenvalue weighted by molar-refractivity contribution is -0.119. The zero-order valence-corrected chi connectivity index (χ0v) is 30.9. The van der Waals surface area contributed by atoms with Crippen LogP contribution in [0.1, 0.15) is 55.4 Å². The highest BCUT2D eigenvalue weighted by atomic mass is 16.6. The number of rotatable bonds is 38. The van der Waals surface area contributed by atoms with Crippen LogP contribution >= 0.6 is 0 Å². The quantitative estimate of drug-likeness (QED) is 0.0943. The minimum atomic E-state index is -0.234. The molecule has 0 fully saturated rings. The number of ether oxygens (including phenoxy) is 13. The van der Waals surface area contributed by atoms with Crippen LogP contribution in [0.15, 0.2) is 0 Å². The molecule has 284 valence electrons. The Hall–Kier alpha value is -0.520. The van der Waals surface area contributed by atoms with Crippen molar-refractivity contribution in [3.63, 3.8) is 0 Å². The Bertz CT molecular complexity index is 569. The topological polar surface area (TPSA) is 120 Å². The maximum Gasteiger partial charge on any atom is 0.104 e. The zero-order chi connectivity index (χ0) is 34.8. The summed E-state index contributed by atoms with van der Waals surface area (Å²) in [5, 5.41) is 0. The summed E-state index contributed by atoms with van der Waals surface area (Å²) in [4.78, 5) is 0. The van der Waals surface area contributed by atoms with Crippen LogP contribution in [-0.4, -0.2) is 169 Å². The minimum absolute atomic E-state index is 0.108. The fraction of sp³-hybridized carbons (Fsp3) is 1.00. The van der Waals surface area contributed by atoms with E-state index < -0.39 is 0 Å². The molecule has 6 unspecified atom stereocenters. The summed E-state index contributed by atoms with van der Waals surface area (Å²) >= 11 is 0. The average molecular weight is 687 g/mol. The highest BCUT2D eigenvalue weighted by Gasteiger charge is 2.18. The van der Waals surface area contributed by atoms with Gasteiger partial charge in [-0.3, -0.25) is 0 Å². The standard InChI is InChI=1S/C34H70O13/c1-9-35-17-29(42-11-3)19-37-21-31(44-13-5)23-39-25-33(46-15-7)27-41-28-34(47-16-8)26-40-24-32(45-14-6)22-38-20-30(43-12-4)18-36-10-2/h29-34H,9-28H2,1-8H3. The first-order valence-electron chi connectivity index (χ1n) is 17.7. The molecular formula is C34H70O13. The van der Waals surface area contributed by atoms with Crippen LogP contribution in [0.4, 0.5) is 0 Å². The molecule has 0 spiro atoms. The van der Waals surface area contributed by atoms with E-state index in [1.807, 2.05) is 55.4 Å². The van der Waals surface area contributed by atoms with E-state index in [2.05, 4.69) is 0 Å². The van der Waals surface area contributed by atoms with Gasteiger partial charge in [0.2, 0.25) is 0 Å². The van der Waals surface area contributed by atoms with Gasteiger partial charge in [0, 0.05) is 52.9 Å². The molecule has 0 aromatic heterocycles. The predicted octanol–water partition coefficient (Wildman–Crippen LogP) is 3.57. The lowest BCUT2D eigenvalue weighted by atomic mass is 10.3.